The van der Waals surface area contributed by atoms with Gasteiger partial charge in [-0.1, -0.05) is 31.5 Å². The van der Waals surface area contributed by atoms with Gasteiger partial charge in [-0.25, -0.2) is 13.2 Å². The maximum atomic E-state index is 13.2. The highest BCUT2D eigenvalue weighted by Crippen LogP contribution is 2.25. The first-order valence-corrected chi connectivity index (χ1v) is 12.4. The van der Waals surface area contributed by atoms with E-state index in [2.05, 4.69) is 5.32 Å². The molecule has 9 heteroatoms. The molecule has 7 nitrogen and oxygen atoms in total. The summed E-state index contributed by atoms with van der Waals surface area (Å²) in [5.41, 5.74) is 0.957. The van der Waals surface area contributed by atoms with E-state index in [1.807, 2.05) is 20.8 Å². The molecular formula is C20H30N2O5S2. The predicted molar refractivity (Wildman–Crippen MR) is 114 cm³/mol. The maximum absolute atomic E-state index is 13.2. The van der Waals surface area contributed by atoms with Crippen LogP contribution in [0.4, 0.5) is 0 Å². The summed E-state index contributed by atoms with van der Waals surface area (Å²) in [7, 11) is -3.82. The Hall–Kier alpha value is -1.58. The maximum Gasteiger partial charge on any atom is 0.328 e. The average molecular weight is 443 g/mol. The predicted octanol–water partition coefficient (Wildman–Crippen LogP) is 2.20. The Balaban J connectivity index is 2.23. The molecule has 1 aromatic carbocycles. The number of hydrogen-bond acceptors (Lipinski definition) is 6. The van der Waals surface area contributed by atoms with Gasteiger partial charge in [0.05, 0.1) is 11.5 Å². The zero-order valence-electron chi connectivity index (χ0n) is 17.4. The first-order chi connectivity index (χ1) is 13.7. The SMILES string of the molecule is CCOC(=O)[C@H](CC(C)C)NC(=O)[C@@H]1CSCCN1S(=O)(=O)c1ccc(C)cc1. The standard InChI is InChI=1S/C20H30N2O5S2/c1-5-27-20(24)17(12-14(2)3)21-19(23)18-13-28-11-10-22(18)29(25,26)16-8-6-15(4)7-9-16/h6-9,14,17-18H,5,10-13H2,1-4H3,(H,21,23)/t17-,18-/m0/s1. The summed E-state index contributed by atoms with van der Waals surface area (Å²) in [4.78, 5) is 25.4. The second-order valence-corrected chi connectivity index (χ2v) is 10.5. The lowest BCUT2D eigenvalue weighted by Crippen LogP contribution is -2.56. The quantitative estimate of drug-likeness (QED) is 0.621. The van der Waals surface area contributed by atoms with Gasteiger partial charge in [-0.05, 0) is 38.3 Å². The summed E-state index contributed by atoms with van der Waals surface area (Å²) in [6, 6.07) is 4.92. The van der Waals surface area contributed by atoms with Crippen molar-refractivity contribution in [3.05, 3.63) is 29.8 Å². The molecule has 0 aliphatic carbocycles. The molecule has 0 unspecified atom stereocenters. The minimum Gasteiger partial charge on any atom is -0.464 e. The van der Waals surface area contributed by atoms with Crippen LogP contribution in [0.1, 0.15) is 32.8 Å². The molecule has 0 saturated carbocycles. The van der Waals surface area contributed by atoms with Crippen LogP contribution in [0.5, 0.6) is 0 Å². The first-order valence-electron chi connectivity index (χ1n) is 9.80. The van der Waals surface area contributed by atoms with Crippen molar-refractivity contribution in [3.63, 3.8) is 0 Å². The summed E-state index contributed by atoms with van der Waals surface area (Å²) < 4.78 is 32.6. The van der Waals surface area contributed by atoms with Crippen molar-refractivity contribution in [1.82, 2.24) is 9.62 Å². The van der Waals surface area contributed by atoms with Crippen LogP contribution in [0.25, 0.3) is 0 Å². The van der Waals surface area contributed by atoms with Gasteiger partial charge in [-0.3, -0.25) is 4.79 Å². The van der Waals surface area contributed by atoms with Gasteiger partial charge >= 0.3 is 5.97 Å². The van der Waals surface area contributed by atoms with E-state index in [0.717, 1.165) is 5.56 Å². The Morgan fingerprint density at radius 2 is 1.93 bits per heavy atom. The lowest BCUT2D eigenvalue weighted by Gasteiger charge is -2.34. The first kappa shape index (κ1) is 23.7. The molecule has 1 aliphatic heterocycles. The fourth-order valence-corrected chi connectivity index (χ4v) is 5.97. The highest BCUT2D eigenvalue weighted by molar-refractivity contribution is 7.99. The number of sulfonamides is 1. The van der Waals surface area contributed by atoms with Gasteiger partial charge in [0.1, 0.15) is 12.1 Å². The Morgan fingerprint density at radius 3 is 2.52 bits per heavy atom. The number of benzene rings is 1. The molecule has 1 fully saturated rings. The number of carbonyl (C=O) groups is 2. The topological polar surface area (TPSA) is 92.8 Å². The molecule has 0 spiro atoms. The normalized spacial score (nSPS) is 19.0. The fraction of sp³-hybridized carbons (Fsp3) is 0.600. The van der Waals surface area contributed by atoms with Crippen LogP contribution in [0.3, 0.4) is 0 Å². The zero-order chi connectivity index (χ0) is 21.6. The van der Waals surface area contributed by atoms with Crippen molar-refractivity contribution in [2.45, 2.75) is 51.1 Å². The summed E-state index contributed by atoms with van der Waals surface area (Å²) in [6.45, 7) is 7.95. The summed E-state index contributed by atoms with van der Waals surface area (Å²) in [5.74, 6) is 0.159. The van der Waals surface area contributed by atoms with Gasteiger partial charge in [0, 0.05) is 18.1 Å². The number of thioether (sulfide) groups is 1. The van der Waals surface area contributed by atoms with Gasteiger partial charge in [-0.15, -0.1) is 0 Å². The van der Waals surface area contributed by atoms with E-state index in [1.165, 1.54) is 16.1 Å². The van der Waals surface area contributed by atoms with Crippen LogP contribution in [-0.4, -0.2) is 61.3 Å². The van der Waals surface area contributed by atoms with Crippen molar-refractivity contribution in [1.29, 1.82) is 0 Å². The van der Waals surface area contributed by atoms with E-state index in [4.69, 9.17) is 4.74 Å². The van der Waals surface area contributed by atoms with E-state index < -0.39 is 34.0 Å². The number of hydrogen-bond donors (Lipinski definition) is 1. The number of aryl methyl sites for hydroxylation is 1. The van der Waals surface area contributed by atoms with Crippen LogP contribution in [0.2, 0.25) is 0 Å². The summed E-state index contributed by atoms with van der Waals surface area (Å²) >= 11 is 1.53. The van der Waals surface area contributed by atoms with Crippen molar-refractivity contribution in [2.75, 3.05) is 24.7 Å². The fourth-order valence-electron chi connectivity index (χ4n) is 3.12. The molecular weight excluding hydrogens is 412 g/mol. The molecule has 1 N–H and O–H groups in total. The summed E-state index contributed by atoms with van der Waals surface area (Å²) in [5, 5.41) is 2.73. The molecule has 1 aromatic rings. The Bertz CT molecular complexity index is 809. The molecule has 1 aliphatic rings. The molecule has 1 saturated heterocycles. The molecule has 0 bridgehead atoms. The zero-order valence-corrected chi connectivity index (χ0v) is 19.0. The number of rotatable bonds is 8. The van der Waals surface area contributed by atoms with E-state index in [-0.39, 0.29) is 24.0 Å². The Morgan fingerprint density at radius 1 is 1.28 bits per heavy atom. The third kappa shape index (κ3) is 6.20. The number of nitrogens with one attached hydrogen (secondary N) is 1. The van der Waals surface area contributed by atoms with Crippen molar-refractivity contribution in [3.8, 4) is 0 Å². The van der Waals surface area contributed by atoms with Gasteiger partial charge in [0.15, 0.2) is 0 Å². The largest absolute Gasteiger partial charge is 0.464 e. The molecule has 0 radical (unpaired) electrons. The van der Waals surface area contributed by atoms with E-state index >= 15 is 0 Å². The Kier molecular flexibility index (Phi) is 8.54. The highest BCUT2D eigenvalue weighted by Gasteiger charge is 2.39. The number of esters is 1. The monoisotopic (exact) mass is 442 g/mol. The van der Waals surface area contributed by atoms with Crippen LogP contribution in [-0.2, 0) is 24.3 Å². The second-order valence-electron chi connectivity index (χ2n) is 7.46. The molecule has 1 amide bonds. The van der Waals surface area contributed by atoms with Gasteiger partial charge < -0.3 is 10.1 Å². The number of nitrogens with zero attached hydrogens (tertiary/aromatic N) is 1. The number of carbonyl (C=O) groups excluding carboxylic acids is 2. The lowest BCUT2D eigenvalue weighted by atomic mass is 10.0. The number of ether oxygens (including phenoxy) is 1. The summed E-state index contributed by atoms with van der Waals surface area (Å²) in [6.07, 6.45) is 0.426. The van der Waals surface area contributed by atoms with Gasteiger partial charge in [-0.2, -0.15) is 16.1 Å². The van der Waals surface area contributed by atoms with Crippen LogP contribution in [0.15, 0.2) is 29.2 Å². The third-order valence-electron chi connectivity index (χ3n) is 4.60. The second kappa shape index (κ2) is 10.4. The lowest BCUT2D eigenvalue weighted by molar-refractivity contribution is -0.148. The van der Waals surface area contributed by atoms with E-state index in [9.17, 15) is 18.0 Å². The highest BCUT2D eigenvalue weighted by atomic mass is 32.2. The van der Waals surface area contributed by atoms with Gasteiger partial charge in [0.25, 0.3) is 0 Å². The van der Waals surface area contributed by atoms with Crippen molar-refractivity contribution >= 4 is 33.7 Å². The van der Waals surface area contributed by atoms with Crippen molar-refractivity contribution in [2.24, 2.45) is 5.92 Å². The number of amides is 1. The van der Waals surface area contributed by atoms with E-state index in [1.54, 1.807) is 31.2 Å². The molecule has 162 valence electrons. The van der Waals surface area contributed by atoms with Crippen LogP contribution in [0, 0.1) is 12.8 Å². The third-order valence-corrected chi connectivity index (χ3v) is 7.55. The van der Waals surface area contributed by atoms with Crippen molar-refractivity contribution < 1.29 is 22.7 Å². The molecule has 29 heavy (non-hydrogen) atoms. The van der Waals surface area contributed by atoms with Crippen LogP contribution >= 0.6 is 11.8 Å². The molecule has 2 atom stereocenters. The average Bonchev–Trinajstić information content (AvgIpc) is 2.67. The van der Waals surface area contributed by atoms with Crippen LogP contribution < -0.4 is 5.32 Å². The van der Waals surface area contributed by atoms with E-state index in [0.29, 0.717) is 17.9 Å². The smallest absolute Gasteiger partial charge is 0.328 e. The minimum atomic E-state index is -3.82. The Labute approximate surface area is 177 Å². The van der Waals surface area contributed by atoms with Gasteiger partial charge in [0.2, 0.25) is 15.9 Å². The molecule has 2 rings (SSSR count). The molecule has 0 aromatic heterocycles. The minimum absolute atomic E-state index is 0.164. The molecule has 1 heterocycles.